The molecule has 0 fully saturated rings. The number of aliphatic carboxylic acids is 1. The second-order valence-corrected chi connectivity index (χ2v) is 8.77. The monoisotopic (exact) mass is 502 g/mol. The Hall–Kier alpha value is -2.36. The summed E-state index contributed by atoms with van der Waals surface area (Å²) in [6.07, 6.45) is 38.9. The summed E-state index contributed by atoms with van der Waals surface area (Å²) in [5, 5.41) is 8.45. The van der Waals surface area contributed by atoms with Crippen molar-refractivity contribution in [1.82, 2.24) is 0 Å². The van der Waals surface area contributed by atoms with Crippen molar-refractivity contribution in [3.63, 3.8) is 0 Å². The fourth-order valence-corrected chi connectivity index (χ4v) is 3.12. The van der Waals surface area contributed by atoms with Crippen molar-refractivity contribution in [2.75, 3.05) is 6.61 Å². The van der Waals surface area contributed by atoms with Crippen molar-refractivity contribution >= 4 is 11.9 Å². The molecule has 4 heteroatoms. The van der Waals surface area contributed by atoms with Crippen LogP contribution in [0.25, 0.3) is 0 Å². The smallest absolute Gasteiger partial charge is 0.303 e. The molecular weight excluding hydrogens is 448 g/mol. The number of hydrogen-bond acceptors (Lipinski definition) is 3. The highest BCUT2D eigenvalue weighted by atomic mass is 16.5. The number of carbonyl (C=O) groups excluding carboxylic acids is 1. The summed E-state index contributed by atoms with van der Waals surface area (Å²) in [5.41, 5.74) is 0. The van der Waals surface area contributed by atoms with Crippen LogP contribution in [-0.2, 0) is 14.3 Å². The van der Waals surface area contributed by atoms with Crippen LogP contribution < -0.4 is 0 Å². The average Bonchev–Trinajstić information content (AvgIpc) is 2.85. The highest BCUT2D eigenvalue weighted by Gasteiger charge is 1.93. The molecule has 0 aromatic carbocycles. The van der Waals surface area contributed by atoms with Crippen molar-refractivity contribution < 1.29 is 19.4 Å². The number of unbranched alkanes of at least 4 members (excludes halogenated alkanes) is 8. The summed E-state index contributed by atoms with van der Waals surface area (Å²) in [7, 11) is 0. The Morgan fingerprint density at radius 3 is 1.58 bits per heavy atom. The average molecular weight is 503 g/mol. The van der Waals surface area contributed by atoms with Gasteiger partial charge in [0, 0.05) is 13.3 Å². The van der Waals surface area contributed by atoms with Gasteiger partial charge in [0.05, 0.1) is 6.61 Å². The van der Waals surface area contributed by atoms with E-state index in [9.17, 15) is 9.59 Å². The number of carboxylic acids is 1. The van der Waals surface area contributed by atoms with Crippen LogP contribution in [0.3, 0.4) is 0 Å². The maximum absolute atomic E-state index is 10.5. The number of carboxylic acid groups (broad SMARTS) is 1. The maximum Gasteiger partial charge on any atom is 0.303 e. The van der Waals surface area contributed by atoms with E-state index in [-0.39, 0.29) is 12.4 Å². The lowest BCUT2D eigenvalue weighted by molar-refractivity contribution is -0.141. The van der Waals surface area contributed by atoms with Crippen molar-refractivity contribution in [2.45, 2.75) is 124 Å². The predicted molar refractivity (Wildman–Crippen MR) is 155 cm³/mol. The molecule has 0 aromatic rings. The van der Waals surface area contributed by atoms with E-state index in [2.05, 4.69) is 74.6 Å². The van der Waals surface area contributed by atoms with Gasteiger partial charge in [-0.1, -0.05) is 87.4 Å². The first-order valence-electron chi connectivity index (χ1n) is 14.1. The van der Waals surface area contributed by atoms with E-state index in [1.54, 1.807) is 0 Å². The Balaban J connectivity index is 0. The Bertz CT molecular complexity index is 626. The zero-order chi connectivity index (χ0) is 27.0. The molecule has 0 aromatic heterocycles. The molecule has 0 heterocycles. The molecule has 0 amide bonds. The lowest BCUT2D eigenvalue weighted by atomic mass is 10.1. The number of allylic oxidation sites excluding steroid dienone is 9. The van der Waals surface area contributed by atoms with E-state index in [0.717, 1.165) is 51.4 Å². The van der Waals surface area contributed by atoms with Gasteiger partial charge in [0.25, 0.3) is 0 Å². The van der Waals surface area contributed by atoms with E-state index in [1.807, 2.05) is 0 Å². The van der Waals surface area contributed by atoms with Gasteiger partial charge in [0.1, 0.15) is 0 Å². The van der Waals surface area contributed by atoms with Crippen LogP contribution in [0.15, 0.2) is 60.8 Å². The van der Waals surface area contributed by atoms with Crippen LogP contribution in [0.4, 0.5) is 0 Å². The van der Waals surface area contributed by atoms with Gasteiger partial charge in [-0.2, -0.15) is 0 Å². The molecule has 0 saturated carbocycles. The lowest BCUT2D eigenvalue weighted by Gasteiger charge is -1.96. The van der Waals surface area contributed by atoms with Crippen molar-refractivity contribution in [3.8, 4) is 0 Å². The number of esters is 1. The Morgan fingerprint density at radius 1 is 0.611 bits per heavy atom. The highest BCUT2D eigenvalue weighted by Crippen LogP contribution is 2.04. The van der Waals surface area contributed by atoms with Crippen molar-refractivity contribution in [2.24, 2.45) is 0 Å². The molecule has 0 rings (SSSR count). The van der Waals surface area contributed by atoms with Gasteiger partial charge in [-0.3, -0.25) is 9.59 Å². The van der Waals surface area contributed by atoms with Gasteiger partial charge in [-0.15, -0.1) is 0 Å². The quantitative estimate of drug-likeness (QED) is 0.0909. The second-order valence-electron chi connectivity index (χ2n) is 8.77. The molecule has 0 radical (unpaired) electrons. The van der Waals surface area contributed by atoms with E-state index >= 15 is 0 Å². The first kappa shape index (κ1) is 35.8. The SMILES string of the molecule is CC/C=C\C/C=C\CCC/C=C/CCCC(=O)O.CCCCC/C=C\CCC/C=C/CCOC(C)=O. The Kier molecular flexibility index (Phi) is 32.5. The van der Waals surface area contributed by atoms with Gasteiger partial charge in [0.15, 0.2) is 0 Å². The van der Waals surface area contributed by atoms with Gasteiger partial charge < -0.3 is 9.84 Å². The van der Waals surface area contributed by atoms with Gasteiger partial charge in [0.2, 0.25) is 0 Å². The maximum atomic E-state index is 10.5. The first-order valence-corrected chi connectivity index (χ1v) is 14.1. The fourth-order valence-electron chi connectivity index (χ4n) is 3.12. The van der Waals surface area contributed by atoms with Crippen LogP contribution in [0.1, 0.15) is 124 Å². The van der Waals surface area contributed by atoms with E-state index < -0.39 is 5.97 Å². The van der Waals surface area contributed by atoms with Gasteiger partial charge >= 0.3 is 11.9 Å². The zero-order valence-corrected chi connectivity index (χ0v) is 23.5. The third kappa shape index (κ3) is 38.9. The third-order valence-corrected chi connectivity index (χ3v) is 5.15. The standard InChI is InChI=1S/C16H28O2.C16H26O2/c1-3-4-5-6-7-8-9-10-11-12-13-14-15-18-16(2)17;1-2-3-4-5-6-7-8-9-10-11-12-13-14-15-16(17)18/h7-8,12-13H,3-6,9-11,14-15H2,1-2H3;3-4,6-7,11-12H,2,5,8-10,13-15H2,1H3,(H,17,18)/b8-7-,13-12+;4-3-,7-6-,12-11+. The summed E-state index contributed by atoms with van der Waals surface area (Å²) in [6.45, 7) is 6.32. The third-order valence-electron chi connectivity index (χ3n) is 5.15. The summed E-state index contributed by atoms with van der Waals surface area (Å²) in [5.74, 6) is -0.901. The minimum atomic E-state index is -0.703. The molecule has 0 saturated heterocycles. The van der Waals surface area contributed by atoms with Crippen LogP contribution in [-0.4, -0.2) is 23.7 Å². The zero-order valence-electron chi connectivity index (χ0n) is 23.5. The molecule has 0 aliphatic heterocycles. The lowest BCUT2D eigenvalue weighted by Crippen LogP contribution is -1.98. The van der Waals surface area contributed by atoms with Crippen LogP contribution >= 0.6 is 0 Å². The number of carbonyl (C=O) groups is 2. The normalized spacial score (nSPS) is 11.8. The molecule has 36 heavy (non-hydrogen) atoms. The Morgan fingerprint density at radius 2 is 1.08 bits per heavy atom. The van der Waals surface area contributed by atoms with Crippen LogP contribution in [0.2, 0.25) is 0 Å². The molecule has 0 bridgehead atoms. The van der Waals surface area contributed by atoms with Crippen molar-refractivity contribution in [1.29, 1.82) is 0 Å². The predicted octanol–water partition coefficient (Wildman–Crippen LogP) is 9.68. The Labute approximate surface area is 222 Å². The number of rotatable bonds is 22. The van der Waals surface area contributed by atoms with Gasteiger partial charge in [-0.25, -0.2) is 0 Å². The minimum absolute atomic E-state index is 0.198. The molecule has 0 aliphatic rings. The number of ether oxygens (including phenoxy) is 1. The van der Waals surface area contributed by atoms with Crippen LogP contribution in [0, 0.1) is 0 Å². The highest BCUT2D eigenvalue weighted by molar-refractivity contribution is 5.66. The largest absolute Gasteiger partial charge is 0.481 e. The van der Waals surface area contributed by atoms with E-state index in [4.69, 9.17) is 9.84 Å². The molecule has 206 valence electrons. The first-order chi connectivity index (χ1) is 17.5. The summed E-state index contributed by atoms with van der Waals surface area (Å²) in [4.78, 5) is 20.8. The van der Waals surface area contributed by atoms with Gasteiger partial charge in [-0.05, 0) is 83.5 Å². The molecule has 0 unspecified atom stereocenters. The molecule has 4 nitrogen and oxygen atoms in total. The van der Waals surface area contributed by atoms with E-state index in [0.29, 0.717) is 6.61 Å². The molecule has 0 spiro atoms. The molecule has 1 N–H and O–H groups in total. The summed E-state index contributed by atoms with van der Waals surface area (Å²) >= 11 is 0. The second kappa shape index (κ2) is 32.6. The van der Waals surface area contributed by atoms with E-state index in [1.165, 1.54) is 51.9 Å². The summed E-state index contributed by atoms with van der Waals surface area (Å²) < 4.78 is 4.83. The fraction of sp³-hybridized carbons (Fsp3) is 0.625. The molecule has 0 atom stereocenters. The van der Waals surface area contributed by atoms with Crippen LogP contribution in [0.5, 0.6) is 0 Å². The number of hydrogen-bond donors (Lipinski definition) is 1. The van der Waals surface area contributed by atoms with Crippen molar-refractivity contribution in [3.05, 3.63) is 60.8 Å². The summed E-state index contributed by atoms with van der Waals surface area (Å²) in [6, 6.07) is 0. The minimum Gasteiger partial charge on any atom is -0.481 e. The molecular formula is C32H54O4. The molecule has 0 aliphatic carbocycles. The topological polar surface area (TPSA) is 63.6 Å².